The zero-order valence-electron chi connectivity index (χ0n) is 17.2. The van der Waals surface area contributed by atoms with E-state index in [2.05, 4.69) is 5.32 Å². The topological polar surface area (TPSA) is 55.5 Å². The van der Waals surface area contributed by atoms with E-state index in [0.717, 1.165) is 16.6 Å². The van der Waals surface area contributed by atoms with E-state index < -0.39 is 0 Å². The molecule has 0 unspecified atom stereocenters. The number of carbonyl (C=O) groups excluding carboxylic acids is 1. The fourth-order valence-corrected chi connectivity index (χ4v) is 3.91. The first-order valence-electron chi connectivity index (χ1n) is 10.3. The van der Waals surface area contributed by atoms with E-state index in [4.69, 9.17) is 0 Å². The number of nitrogens with one attached hydrogen (secondary N) is 1. The average Bonchev–Trinajstić information content (AvgIpc) is 3.32. The van der Waals surface area contributed by atoms with Gasteiger partial charge in [0, 0.05) is 18.3 Å². The first kappa shape index (κ1) is 19.8. The normalized spacial score (nSPS) is 11.2. The quantitative estimate of drug-likeness (QED) is 0.455. The minimum Gasteiger partial charge on any atom is -0.348 e. The summed E-state index contributed by atoms with van der Waals surface area (Å²) in [4.78, 5) is 26.1. The predicted octanol–water partition coefficient (Wildman–Crippen LogP) is 4.37. The Hall–Kier alpha value is -4.19. The molecule has 0 atom stereocenters. The summed E-state index contributed by atoms with van der Waals surface area (Å²) < 4.78 is 16.6. The van der Waals surface area contributed by atoms with Crippen LogP contribution in [0.4, 0.5) is 4.39 Å². The Bertz CT molecular complexity index is 1490. The maximum Gasteiger partial charge on any atom is 0.275 e. The van der Waals surface area contributed by atoms with Gasteiger partial charge in [0.25, 0.3) is 11.5 Å². The van der Waals surface area contributed by atoms with Gasteiger partial charge in [0.05, 0.1) is 17.6 Å². The largest absolute Gasteiger partial charge is 0.348 e. The maximum absolute atomic E-state index is 13.2. The standard InChI is InChI=1S/C26H20FN3O2/c27-21-11-8-18(9-12-21)16-28-25(31)20-10-13-22-24(15-20)30(17-19-5-2-1-3-6-19)26(32)23-7-4-14-29(22)23/h1-15H,16-17H2,(H,28,31). The van der Waals surface area contributed by atoms with Crippen molar-refractivity contribution in [2.24, 2.45) is 0 Å². The van der Waals surface area contributed by atoms with E-state index in [1.165, 1.54) is 12.1 Å². The molecule has 0 saturated carbocycles. The summed E-state index contributed by atoms with van der Waals surface area (Å²) in [5.74, 6) is -0.579. The van der Waals surface area contributed by atoms with Gasteiger partial charge in [-0.05, 0) is 53.6 Å². The van der Waals surface area contributed by atoms with Crippen LogP contribution in [0.15, 0.2) is 95.9 Å². The lowest BCUT2D eigenvalue weighted by atomic mass is 10.1. The summed E-state index contributed by atoms with van der Waals surface area (Å²) in [6.45, 7) is 0.684. The third-order valence-corrected chi connectivity index (χ3v) is 5.55. The SMILES string of the molecule is O=C(NCc1ccc(F)cc1)c1ccc2c(c1)n(Cc1ccccc1)c(=O)c1cccn12. The minimum atomic E-state index is -0.317. The smallest absolute Gasteiger partial charge is 0.275 e. The molecule has 2 aromatic heterocycles. The second-order valence-corrected chi connectivity index (χ2v) is 7.65. The van der Waals surface area contributed by atoms with E-state index in [1.54, 1.807) is 34.9 Å². The highest BCUT2D eigenvalue weighted by atomic mass is 19.1. The van der Waals surface area contributed by atoms with Crippen LogP contribution in [0, 0.1) is 5.82 Å². The molecule has 0 aliphatic carbocycles. The average molecular weight is 425 g/mol. The Kier molecular flexibility index (Phi) is 5.03. The van der Waals surface area contributed by atoms with Crippen LogP contribution in [0.2, 0.25) is 0 Å². The molecule has 32 heavy (non-hydrogen) atoms. The molecule has 5 nitrogen and oxygen atoms in total. The van der Waals surface area contributed by atoms with Crippen LogP contribution in [-0.4, -0.2) is 14.9 Å². The molecule has 0 saturated heterocycles. The Morgan fingerprint density at radius 1 is 0.812 bits per heavy atom. The van der Waals surface area contributed by atoms with Gasteiger partial charge in [0.2, 0.25) is 0 Å². The number of hydrogen-bond donors (Lipinski definition) is 1. The minimum absolute atomic E-state index is 0.116. The summed E-state index contributed by atoms with van der Waals surface area (Å²) in [5, 5.41) is 2.86. The molecule has 5 rings (SSSR count). The van der Waals surface area contributed by atoms with Gasteiger partial charge >= 0.3 is 0 Å². The van der Waals surface area contributed by atoms with Crippen molar-refractivity contribution in [3.8, 4) is 0 Å². The van der Waals surface area contributed by atoms with Crippen LogP contribution in [0.5, 0.6) is 0 Å². The molecule has 0 radical (unpaired) electrons. The van der Waals surface area contributed by atoms with Crippen molar-refractivity contribution in [3.63, 3.8) is 0 Å². The van der Waals surface area contributed by atoms with Crippen LogP contribution in [-0.2, 0) is 13.1 Å². The van der Waals surface area contributed by atoms with Gasteiger partial charge in [-0.2, -0.15) is 0 Å². The Morgan fingerprint density at radius 2 is 1.59 bits per heavy atom. The molecule has 0 fully saturated rings. The number of halogens is 1. The number of fused-ring (bicyclic) bond motifs is 3. The first-order chi connectivity index (χ1) is 15.6. The number of hydrogen-bond acceptors (Lipinski definition) is 2. The van der Waals surface area contributed by atoms with Crippen molar-refractivity contribution in [1.82, 2.24) is 14.3 Å². The first-order valence-corrected chi connectivity index (χ1v) is 10.3. The van der Waals surface area contributed by atoms with Crippen molar-refractivity contribution in [2.75, 3.05) is 0 Å². The second-order valence-electron chi connectivity index (χ2n) is 7.65. The third kappa shape index (κ3) is 3.67. The lowest BCUT2D eigenvalue weighted by molar-refractivity contribution is 0.0951. The summed E-state index contributed by atoms with van der Waals surface area (Å²) in [7, 11) is 0. The lowest BCUT2D eigenvalue weighted by Gasteiger charge is -2.14. The van der Waals surface area contributed by atoms with Crippen molar-refractivity contribution in [1.29, 1.82) is 0 Å². The van der Waals surface area contributed by atoms with Crippen molar-refractivity contribution in [2.45, 2.75) is 13.1 Å². The molecule has 1 N–H and O–H groups in total. The van der Waals surface area contributed by atoms with E-state index in [0.29, 0.717) is 23.1 Å². The molecule has 6 heteroatoms. The highest BCUT2D eigenvalue weighted by molar-refractivity contribution is 5.97. The summed E-state index contributed by atoms with van der Waals surface area (Å²) >= 11 is 0. The fourth-order valence-electron chi connectivity index (χ4n) is 3.91. The Labute approximate surface area is 183 Å². The number of aromatic nitrogens is 2. The van der Waals surface area contributed by atoms with E-state index >= 15 is 0 Å². The predicted molar refractivity (Wildman–Crippen MR) is 122 cm³/mol. The van der Waals surface area contributed by atoms with E-state index in [-0.39, 0.29) is 23.8 Å². The highest BCUT2D eigenvalue weighted by Gasteiger charge is 2.14. The molecule has 1 amide bonds. The number of nitrogens with zero attached hydrogens (tertiary/aromatic N) is 2. The van der Waals surface area contributed by atoms with Crippen LogP contribution in [0.25, 0.3) is 16.6 Å². The van der Waals surface area contributed by atoms with Crippen LogP contribution >= 0.6 is 0 Å². The fraction of sp³-hybridized carbons (Fsp3) is 0.0769. The summed E-state index contributed by atoms with van der Waals surface area (Å²) in [5.41, 5.74) is 4.24. The maximum atomic E-state index is 13.2. The zero-order valence-corrected chi connectivity index (χ0v) is 17.2. The molecule has 0 aliphatic heterocycles. The lowest BCUT2D eigenvalue weighted by Crippen LogP contribution is -2.25. The van der Waals surface area contributed by atoms with Crippen molar-refractivity contribution < 1.29 is 9.18 Å². The monoisotopic (exact) mass is 425 g/mol. The Balaban J connectivity index is 1.54. The number of benzene rings is 3. The molecule has 158 valence electrons. The Morgan fingerprint density at radius 3 is 2.38 bits per heavy atom. The number of amides is 1. The molecule has 3 aromatic carbocycles. The molecule has 2 heterocycles. The molecule has 5 aromatic rings. The second kappa shape index (κ2) is 8.15. The van der Waals surface area contributed by atoms with Crippen molar-refractivity contribution >= 4 is 22.5 Å². The molecule has 0 aliphatic rings. The third-order valence-electron chi connectivity index (χ3n) is 5.55. The summed E-state index contributed by atoms with van der Waals surface area (Å²) in [6.07, 6.45) is 1.85. The summed E-state index contributed by atoms with van der Waals surface area (Å²) in [6, 6.07) is 24.7. The van der Waals surface area contributed by atoms with E-state index in [9.17, 15) is 14.0 Å². The van der Waals surface area contributed by atoms with E-state index in [1.807, 2.05) is 53.1 Å². The van der Waals surface area contributed by atoms with Crippen LogP contribution in [0.3, 0.4) is 0 Å². The van der Waals surface area contributed by atoms with Crippen LogP contribution < -0.4 is 10.9 Å². The van der Waals surface area contributed by atoms with Gasteiger partial charge < -0.3 is 14.3 Å². The van der Waals surface area contributed by atoms with Crippen molar-refractivity contribution in [3.05, 3.63) is 124 Å². The number of carbonyl (C=O) groups is 1. The molecular formula is C26H20FN3O2. The highest BCUT2D eigenvalue weighted by Crippen LogP contribution is 2.19. The van der Waals surface area contributed by atoms with Gasteiger partial charge in [-0.15, -0.1) is 0 Å². The van der Waals surface area contributed by atoms with Gasteiger partial charge in [0.15, 0.2) is 0 Å². The molecule has 0 spiro atoms. The number of rotatable bonds is 5. The van der Waals surface area contributed by atoms with Gasteiger partial charge in [-0.1, -0.05) is 42.5 Å². The zero-order chi connectivity index (χ0) is 22.1. The van der Waals surface area contributed by atoms with Gasteiger partial charge in [-0.3, -0.25) is 9.59 Å². The van der Waals surface area contributed by atoms with Crippen LogP contribution in [0.1, 0.15) is 21.5 Å². The molecular weight excluding hydrogens is 405 g/mol. The molecule has 0 bridgehead atoms. The van der Waals surface area contributed by atoms with Gasteiger partial charge in [0.1, 0.15) is 11.3 Å². The van der Waals surface area contributed by atoms with Gasteiger partial charge in [-0.25, -0.2) is 4.39 Å².